The molecular weight excluding hydrogens is 283 g/mol. The van der Waals surface area contributed by atoms with Crippen LogP contribution in [-0.4, -0.2) is 17.4 Å². The zero-order valence-corrected chi connectivity index (χ0v) is 11.9. The lowest BCUT2D eigenvalue weighted by atomic mass is 9.80. The molecule has 0 amide bonds. The van der Waals surface area contributed by atoms with Crippen LogP contribution in [0.1, 0.15) is 27.9 Å². The summed E-state index contributed by atoms with van der Waals surface area (Å²) in [5.74, 6) is -1.90. The number of carbonyl (C=O) groups is 2. The summed E-state index contributed by atoms with van der Waals surface area (Å²) in [6, 6.07) is 15.8. The van der Waals surface area contributed by atoms with Gasteiger partial charge in [-0.1, -0.05) is 54.6 Å². The summed E-state index contributed by atoms with van der Waals surface area (Å²) in [4.78, 5) is 24.4. The van der Waals surface area contributed by atoms with E-state index in [1.54, 1.807) is 48.5 Å². The molecule has 0 radical (unpaired) electrons. The monoisotopic (exact) mass is 298 g/mol. The molecule has 0 bridgehead atoms. The van der Waals surface area contributed by atoms with E-state index in [2.05, 4.69) is 0 Å². The number of aryl methyl sites for hydroxylation is 1. The van der Waals surface area contributed by atoms with Gasteiger partial charge in [0.05, 0.1) is 0 Å². The third kappa shape index (κ3) is 2.52. The molecule has 1 aliphatic carbocycles. The summed E-state index contributed by atoms with van der Waals surface area (Å²) in [5, 5.41) is 0. The van der Waals surface area contributed by atoms with Crippen LogP contribution in [0.3, 0.4) is 0 Å². The third-order valence-corrected chi connectivity index (χ3v) is 3.90. The van der Waals surface area contributed by atoms with Crippen LogP contribution < -0.4 is 0 Å². The van der Waals surface area contributed by atoms with Crippen molar-refractivity contribution in [2.45, 2.75) is 25.1 Å². The fourth-order valence-electron chi connectivity index (χ4n) is 2.63. The quantitative estimate of drug-likeness (QED) is 0.645. The van der Waals surface area contributed by atoms with Crippen LogP contribution in [-0.2, 0) is 22.6 Å². The molecule has 22 heavy (non-hydrogen) atoms. The minimum absolute atomic E-state index is 0.0414. The van der Waals surface area contributed by atoms with Gasteiger partial charge < -0.3 is 4.74 Å². The maximum absolute atomic E-state index is 14.9. The number of alkyl halides is 1. The van der Waals surface area contributed by atoms with E-state index in [-0.39, 0.29) is 18.6 Å². The first-order valence-electron chi connectivity index (χ1n) is 7.14. The zero-order valence-electron chi connectivity index (χ0n) is 11.9. The fourth-order valence-corrected chi connectivity index (χ4v) is 2.63. The van der Waals surface area contributed by atoms with Crippen LogP contribution in [0.2, 0.25) is 0 Å². The highest BCUT2D eigenvalue weighted by Gasteiger charge is 2.50. The minimum atomic E-state index is -2.58. The van der Waals surface area contributed by atoms with E-state index in [0.29, 0.717) is 6.42 Å². The van der Waals surface area contributed by atoms with Crippen molar-refractivity contribution in [1.82, 2.24) is 0 Å². The number of rotatable bonds is 3. The Kier molecular flexibility index (Phi) is 3.75. The number of Topliss-reactive ketones (excluding diaryl/α,β-unsaturated/α-hetero) is 1. The SMILES string of the molecule is O=C(OCc1ccccc1)C1(F)CCc2ccccc2C1=O. The van der Waals surface area contributed by atoms with Crippen molar-refractivity contribution in [2.75, 3.05) is 0 Å². The third-order valence-electron chi connectivity index (χ3n) is 3.90. The number of halogens is 1. The summed E-state index contributed by atoms with van der Waals surface area (Å²) >= 11 is 0. The van der Waals surface area contributed by atoms with Gasteiger partial charge in [0.1, 0.15) is 6.61 Å². The maximum Gasteiger partial charge on any atom is 0.352 e. The molecule has 0 heterocycles. The molecular formula is C18H15FO3. The summed E-state index contributed by atoms with van der Waals surface area (Å²) in [5.41, 5.74) is -0.781. The molecule has 1 aliphatic rings. The molecule has 3 rings (SSSR count). The van der Waals surface area contributed by atoms with Crippen LogP contribution in [0.4, 0.5) is 4.39 Å². The van der Waals surface area contributed by atoms with Crippen LogP contribution in [0, 0.1) is 0 Å². The first-order chi connectivity index (χ1) is 10.6. The van der Waals surface area contributed by atoms with Crippen LogP contribution in [0.15, 0.2) is 54.6 Å². The predicted molar refractivity (Wildman–Crippen MR) is 79.2 cm³/mol. The fraction of sp³-hybridized carbons (Fsp3) is 0.222. The Morgan fingerprint density at radius 1 is 1.09 bits per heavy atom. The first-order valence-corrected chi connectivity index (χ1v) is 7.14. The number of benzene rings is 2. The Hall–Kier alpha value is -2.49. The van der Waals surface area contributed by atoms with Crippen molar-refractivity contribution in [2.24, 2.45) is 0 Å². The van der Waals surface area contributed by atoms with E-state index in [4.69, 9.17) is 4.74 Å². The van der Waals surface area contributed by atoms with E-state index < -0.39 is 17.4 Å². The molecule has 1 atom stereocenters. The van der Waals surface area contributed by atoms with Gasteiger partial charge in [0, 0.05) is 12.0 Å². The highest BCUT2D eigenvalue weighted by atomic mass is 19.1. The largest absolute Gasteiger partial charge is 0.458 e. The van der Waals surface area contributed by atoms with E-state index in [9.17, 15) is 14.0 Å². The topological polar surface area (TPSA) is 43.4 Å². The predicted octanol–water partition coefficient (Wildman–Crippen LogP) is 3.27. The van der Waals surface area contributed by atoms with E-state index in [0.717, 1.165) is 11.1 Å². The molecule has 2 aromatic carbocycles. The van der Waals surface area contributed by atoms with Crippen LogP contribution in [0.25, 0.3) is 0 Å². The number of hydrogen-bond donors (Lipinski definition) is 0. The number of hydrogen-bond acceptors (Lipinski definition) is 3. The number of fused-ring (bicyclic) bond motifs is 1. The van der Waals surface area contributed by atoms with Crippen molar-refractivity contribution >= 4 is 11.8 Å². The van der Waals surface area contributed by atoms with Crippen molar-refractivity contribution in [3.05, 3.63) is 71.3 Å². The Morgan fingerprint density at radius 2 is 1.77 bits per heavy atom. The number of carbonyl (C=O) groups excluding carboxylic acids is 2. The molecule has 4 heteroatoms. The normalized spacial score (nSPS) is 20.3. The van der Waals surface area contributed by atoms with Crippen LogP contribution in [0.5, 0.6) is 0 Å². The first kappa shape index (κ1) is 14.4. The number of ketones is 1. The second-order valence-electron chi connectivity index (χ2n) is 5.35. The second kappa shape index (κ2) is 5.72. The molecule has 0 saturated carbocycles. The molecule has 112 valence electrons. The maximum atomic E-state index is 14.9. The number of ether oxygens (including phenoxy) is 1. The summed E-state index contributed by atoms with van der Waals surface area (Å²) in [6.07, 6.45) is 0.176. The van der Waals surface area contributed by atoms with Gasteiger partial charge in [-0.15, -0.1) is 0 Å². The Labute approximate surface area is 127 Å². The van der Waals surface area contributed by atoms with Crippen molar-refractivity contribution in [3.63, 3.8) is 0 Å². The molecule has 2 aromatic rings. The van der Waals surface area contributed by atoms with Gasteiger partial charge in [-0.3, -0.25) is 4.79 Å². The molecule has 0 spiro atoms. The minimum Gasteiger partial charge on any atom is -0.458 e. The Bertz CT molecular complexity index is 711. The average molecular weight is 298 g/mol. The highest BCUT2D eigenvalue weighted by Crippen LogP contribution is 2.33. The second-order valence-corrected chi connectivity index (χ2v) is 5.35. The van der Waals surface area contributed by atoms with E-state index >= 15 is 0 Å². The van der Waals surface area contributed by atoms with Gasteiger partial charge >= 0.3 is 5.97 Å². The lowest BCUT2D eigenvalue weighted by Gasteiger charge is -2.27. The summed E-state index contributed by atoms with van der Waals surface area (Å²) in [6.45, 7) is -0.0414. The van der Waals surface area contributed by atoms with Gasteiger partial charge in [0.2, 0.25) is 5.78 Å². The van der Waals surface area contributed by atoms with Gasteiger partial charge in [0.25, 0.3) is 5.67 Å². The standard InChI is InChI=1S/C18H15FO3/c19-18(17(21)22-12-13-6-2-1-3-7-13)11-10-14-8-4-5-9-15(14)16(18)20/h1-9H,10-12H2. The smallest absolute Gasteiger partial charge is 0.352 e. The average Bonchev–Trinajstić information content (AvgIpc) is 2.57. The lowest BCUT2D eigenvalue weighted by Crippen LogP contribution is -2.46. The summed E-state index contributed by atoms with van der Waals surface area (Å²) < 4.78 is 19.9. The van der Waals surface area contributed by atoms with Gasteiger partial charge in [-0.05, 0) is 17.5 Å². The number of esters is 1. The molecule has 0 aromatic heterocycles. The molecule has 3 nitrogen and oxygen atoms in total. The van der Waals surface area contributed by atoms with Gasteiger partial charge in [-0.2, -0.15) is 0 Å². The van der Waals surface area contributed by atoms with E-state index in [1.807, 2.05) is 6.07 Å². The molecule has 0 fully saturated rings. The molecule has 1 unspecified atom stereocenters. The lowest BCUT2D eigenvalue weighted by molar-refractivity contribution is -0.156. The zero-order chi connectivity index (χ0) is 15.6. The van der Waals surface area contributed by atoms with E-state index in [1.165, 1.54) is 0 Å². The van der Waals surface area contributed by atoms with Gasteiger partial charge in [-0.25, -0.2) is 9.18 Å². The molecule has 0 aliphatic heterocycles. The van der Waals surface area contributed by atoms with Crippen molar-refractivity contribution in [3.8, 4) is 0 Å². The Morgan fingerprint density at radius 3 is 2.55 bits per heavy atom. The van der Waals surface area contributed by atoms with Crippen molar-refractivity contribution < 1.29 is 18.7 Å². The van der Waals surface area contributed by atoms with Crippen molar-refractivity contribution in [1.29, 1.82) is 0 Å². The van der Waals surface area contributed by atoms with Gasteiger partial charge in [0.15, 0.2) is 0 Å². The highest BCUT2D eigenvalue weighted by molar-refractivity contribution is 6.16. The summed E-state index contributed by atoms with van der Waals surface area (Å²) in [7, 11) is 0. The molecule has 0 saturated heterocycles. The Balaban J connectivity index is 1.76. The van der Waals surface area contributed by atoms with Crippen LogP contribution >= 0.6 is 0 Å². The molecule has 0 N–H and O–H groups in total.